The van der Waals surface area contributed by atoms with E-state index in [0.717, 1.165) is 23.7 Å². The van der Waals surface area contributed by atoms with Gasteiger partial charge in [-0.1, -0.05) is 18.2 Å². The van der Waals surface area contributed by atoms with Gasteiger partial charge in [-0.3, -0.25) is 4.79 Å². The number of fused-ring (bicyclic) bond motifs is 1. The molecular formula is C17H21N3O. The van der Waals surface area contributed by atoms with Crippen LogP contribution < -0.4 is 5.73 Å². The van der Waals surface area contributed by atoms with Gasteiger partial charge in [0.25, 0.3) is 5.91 Å². The fraction of sp³-hybridized carbons (Fsp3) is 0.412. The number of benzene rings is 1. The molecule has 1 aromatic carbocycles. The van der Waals surface area contributed by atoms with Crippen molar-refractivity contribution in [2.45, 2.75) is 45.2 Å². The molecule has 0 spiro atoms. The zero-order chi connectivity index (χ0) is 15.0. The van der Waals surface area contributed by atoms with Crippen molar-refractivity contribution in [3.8, 4) is 0 Å². The fourth-order valence-electron chi connectivity index (χ4n) is 3.27. The summed E-state index contributed by atoms with van der Waals surface area (Å²) < 4.78 is 0. The number of amides is 1. The van der Waals surface area contributed by atoms with Gasteiger partial charge >= 0.3 is 0 Å². The molecular weight excluding hydrogens is 262 g/mol. The van der Waals surface area contributed by atoms with Crippen molar-refractivity contribution in [1.29, 1.82) is 0 Å². The van der Waals surface area contributed by atoms with Gasteiger partial charge in [0.1, 0.15) is 5.69 Å². The smallest absolute Gasteiger partial charge is 0.273 e. The van der Waals surface area contributed by atoms with Gasteiger partial charge in [0.15, 0.2) is 0 Å². The molecule has 0 bridgehead atoms. The van der Waals surface area contributed by atoms with Gasteiger partial charge in [-0.25, -0.2) is 4.98 Å². The molecule has 2 aromatic rings. The van der Waals surface area contributed by atoms with Gasteiger partial charge in [0.2, 0.25) is 0 Å². The van der Waals surface area contributed by atoms with Gasteiger partial charge in [0.05, 0.1) is 5.52 Å². The monoisotopic (exact) mass is 283 g/mol. The van der Waals surface area contributed by atoms with E-state index in [1.54, 1.807) is 6.07 Å². The van der Waals surface area contributed by atoms with Gasteiger partial charge < -0.3 is 10.6 Å². The Bertz CT molecular complexity index is 673. The molecule has 1 fully saturated rings. The Labute approximate surface area is 125 Å². The average Bonchev–Trinajstić information content (AvgIpc) is 2.47. The Balaban J connectivity index is 2.01. The normalized spacial score (nSPS) is 22.5. The van der Waals surface area contributed by atoms with E-state index in [2.05, 4.69) is 18.8 Å². The maximum absolute atomic E-state index is 12.8. The van der Waals surface area contributed by atoms with Crippen LogP contribution in [0.25, 0.3) is 10.9 Å². The second-order valence-corrected chi connectivity index (χ2v) is 5.96. The lowest BCUT2D eigenvalue weighted by Crippen LogP contribution is -2.47. The minimum atomic E-state index is -0.00727. The third kappa shape index (κ3) is 2.46. The summed E-state index contributed by atoms with van der Waals surface area (Å²) in [6.07, 6.45) is 3.29. The SMILES string of the molecule is CC1CCCC(C)N1C(=O)c1cc(N)c2ccccc2n1. The minimum absolute atomic E-state index is 0.00727. The Morgan fingerprint density at radius 1 is 1.24 bits per heavy atom. The van der Waals surface area contributed by atoms with E-state index in [0.29, 0.717) is 11.4 Å². The fourth-order valence-corrected chi connectivity index (χ4v) is 3.27. The van der Waals surface area contributed by atoms with Crippen molar-refractivity contribution in [2.24, 2.45) is 0 Å². The highest BCUT2D eigenvalue weighted by Gasteiger charge is 2.30. The molecule has 3 rings (SSSR count). The molecule has 2 N–H and O–H groups in total. The predicted octanol–water partition coefficient (Wildman–Crippen LogP) is 3.22. The van der Waals surface area contributed by atoms with Crippen LogP contribution in [0.15, 0.2) is 30.3 Å². The molecule has 0 saturated carbocycles. The molecule has 1 aromatic heterocycles. The van der Waals surface area contributed by atoms with Crippen LogP contribution in [-0.2, 0) is 0 Å². The van der Waals surface area contributed by atoms with Crippen molar-refractivity contribution in [3.63, 3.8) is 0 Å². The zero-order valence-electron chi connectivity index (χ0n) is 12.5. The Morgan fingerprint density at radius 2 is 1.90 bits per heavy atom. The van der Waals surface area contributed by atoms with Crippen molar-refractivity contribution in [2.75, 3.05) is 5.73 Å². The quantitative estimate of drug-likeness (QED) is 0.874. The van der Waals surface area contributed by atoms with Crippen LogP contribution in [0.5, 0.6) is 0 Å². The summed E-state index contributed by atoms with van der Waals surface area (Å²) in [5.74, 6) is -0.00727. The summed E-state index contributed by atoms with van der Waals surface area (Å²) in [7, 11) is 0. The Hall–Kier alpha value is -2.10. The number of aromatic nitrogens is 1. The summed E-state index contributed by atoms with van der Waals surface area (Å²) in [4.78, 5) is 19.3. The number of carbonyl (C=O) groups is 1. The average molecular weight is 283 g/mol. The molecule has 1 aliphatic heterocycles. The summed E-state index contributed by atoms with van der Waals surface area (Å²) >= 11 is 0. The number of carbonyl (C=O) groups excluding carboxylic acids is 1. The van der Waals surface area contributed by atoms with Crippen LogP contribution in [0.4, 0.5) is 5.69 Å². The predicted molar refractivity (Wildman–Crippen MR) is 85.1 cm³/mol. The number of nitrogens with two attached hydrogens (primary N) is 1. The lowest BCUT2D eigenvalue weighted by atomic mass is 9.97. The highest BCUT2D eigenvalue weighted by Crippen LogP contribution is 2.26. The maximum atomic E-state index is 12.8. The maximum Gasteiger partial charge on any atom is 0.273 e. The number of nitrogen functional groups attached to an aromatic ring is 1. The van der Waals surface area contributed by atoms with E-state index in [1.807, 2.05) is 29.2 Å². The molecule has 2 atom stereocenters. The molecule has 1 saturated heterocycles. The summed E-state index contributed by atoms with van der Waals surface area (Å²) in [6.45, 7) is 4.22. The second kappa shape index (κ2) is 5.35. The van der Waals surface area contributed by atoms with Crippen LogP contribution in [0.3, 0.4) is 0 Å². The van der Waals surface area contributed by atoms with Crippen LogP contribution in [0.1, 0.15) is 43.6 Å². The van der Waals surface area contributed by atoms with E-state index >= 15 is 0 Å². The first-order valence-corrected chi connectivity index (χ1v) is 7.56. The first kappa shape index (κ1) is 13.9. The van der Waals surface area contributed by atoms with Crippen molar-refractivity contribution >= 4 is 22.5 Å². The topological polar surface area (TPSA) is 59.2 Å². The van der Waals surface area contributed by atoms with Crippen molar-refractivity contribution in [1.82, 2.24) is 9.88 Å². The zero-order valence-corrected chi connectivity index (χ0v) is 12.5. The number of anilines is 1. The van der Waals surface area contributed by atoms with Gasteiger partial charge in [0, 0.05) is 23.2 Å². The molecule has 0 aliphatic carbocycles. The molecule has 4 nitrogen and oxygen atoms in total. The number of hydrogen-bond donors (Lipinski definition) is 1. The summed E-state index contributed by atoms with van der Waals surface area (Å²) in [5, 5.41) is 0.897. The Morgan fingerprint density at radius 3 is 2.62 bits per heavy atom. The molecule has 1 amide bonds. The molecule has 2 heterocycles. The van der Waals surface area contributed by atoms with Crippen molar-refractivity contribution < 1.29 is 4.79 Å². The standard InChI is InChI=1S/C17H21N3O/c1-11-6-5-7-12(2)20(11)17(21)16-10-14(18)13-8-3-4-9-15(13)19-16/h3-4,8-12H,5-7H2,1-2H3,(H2,18,19). The molecule has 110 valence electrons. The molecule has 2 unspecified atom stereocenters. The van der Waals surface area contributed by atoms with E-state index in [-0.39, 0.29) is 18.0 Å². The molecule has 4 heteroatoms. The molecule has 0 radical (unpaired) electrons. The number of rotatable bonds is 1. The number of hydrogen-bond acceptors (Lipinski definition) is 3. The molecule has 1 aliphatic rings. The first-order valence-electron chi connectivity index (χ1n) is 7.56. The lowest BCUT2D eigenvalue weighted by molar-refractivity contribution is 0.0505. The van der Waals surface area contributed by atoms with E-state index in [1.165, 1.54) is 6.42 Å². The van der Waals surface area contributed by atoms with Gasteiger partial charge in [-0.15, -0.1) is 0 Å². The summed E-state index contributed by atoms with van der Waals surface area (Å²) in [6, 6.07) is 9.89. The highest BCUT2D eigenvalue weighted by atomic mass is 16.2. The minimum Gasteiger partial charge on any atom is -0.398 e. The van der Waals surface area contributed by atoms with E-state index in [4.69, 9.17) is 5.73 Å². The first-order chi connectivity index (χ1) is 10.1. The second-order valence-electron chi connectivity index (χ2n) is 5.96. The van der Waals surface area contributed by atoms with Crippen molar-refractivity contribution in [3.05, 3.63) is 36.0 Å². The number of pyridine rings is 1. The van der Waals surface area contributed by atoms with Crippen LogP contribution in [-0.4, -0.2) is 27.9 Å². The number of nitrogens with zero attached hydrogens (tertiary/aromatic N) is 2. The Kier molecular flexibility index (Phi) is 3.53. The van der Waals surface area contributed by atoms with E-state index in [9.17, 15) is 4.79 Å². The third-order valence-electron chi connectivity index (χ3n) is 4.40. The lowest BCUT2D eigenvalue weighted by Gasteiger charge is -2.38. The summed E-state index contributed by atoms with van der Waals surface area (Å²) in [5.41, 5.74) is 7.92. The number of para-hydroxylation sites is 1. The largest absolute Gasteiger partial charge is 0.398 e. The number of likely N-dealkylation sites (tertiary alicyclic amines) is 1. The van der Waals surface area contributed by atoms with Gasteiger partial charge in [-0.05, 0) is 45.2 Å². The van der Waals surface area contributed by atoms with Gasteiger partial charge in [-0.2, -0.15) is 0 Å². The highest BCUT2D eigenvalue weighted by molar-refractivity contribution is 5.99. The number of piperidine rings is 1. The molecule has 21 heavy (non-hydrogen) atoms. The third-order valence-corrected chi connectivity index (χ3v) is 4.40. The van der Waals surface area contributed by atoms with Crippen LogP contribution in [0.2, 0.25) is 0 Å². The van der Waals surface area contributed by atoms with E-state index < -0.39 is 0 Å². The van der Waals surface area contributed by atoms with Crippen LogP contribution >= 0.6 is 0 Å². The van der Waals surface area contributed by atoms with Crippen LogP contribution in [0, 0.1) is 0 Å².